The number of nitrogens with zero attached hydrogens (tertiary/aromatic N) is 1. The van der Waals surface area contributed by atoms with E-state index >= 15 is 0 Å². The first-order chi connectivity index (χ1) is 10.6. The highest BCUT2D eigenvalue weighted by molar-refractivity contribution is 6.18. The molecule has 1 saturated heterocycles. The molecule has 2 aliphatic rings. The van der Waals surface area contributed by atoms with Gasteiger partial charge in [-0.05, 0) is 43.5 Å². The van der Waals surface area contributed by atoms with Crippen LogP contribution < -0.4 is 6.15 Å². The molecule has 0 radical (unpaired) electrons. The first kappa shape index (κ1) is 18.2. The fourth-order valence-corrected chi connectivity index (χ4v) is 3.87. The van der Waals surface area contributed by atoms with Crippen molar-refractivity contribution < 1.29 is 14.6 Å². The number of esters is 1. The highest BCUT2D eigenvalue weighted by Crippen LogP contribution is 2.30. The molecule has 1 fully saturated rings. The summed E-state index contributed by atoms with van der Waals surface area (Å²) in [5, 5.41) is 10.7. The molecule has 2 heterocycles. The Bertz CT molecular complexity index is 579. The Kier molecular flexibility index (Phi) is 6.03. The molecule has 128 valence electrons. The molecule has 5 nitrogen and oxygen atoms in total. The zero-order valence-electron chi connectivity index (χ0n) is 13.6. The van der Waals surface area contributed by atoms with Gasteiger partial charge in [0.15, 0.2) is 0 Å². The van der Waals surface area contributed by atoms with Crippen molar-refractivity contribution in [1.29, 1.82) is 0 Å². The van der Waals surface area contributed by atoms with Gasteiger partial charge in [0.2, 0.25) is 0 Å². The second-order valence-corrected chi connectivity index (χ2v) is 6.51. The van der Waals surface area contributed by atoms with Crippen LogP contribution in [0.1, 0.15) is 52.4 Å². The maximum atomic E-state index is 11.6. The van der Waals surface area contributed by atoms with Crippen LogP contribution in [0.15, 0.2) is 12.1 Å². The Labute approximate surface area is 142 Å². The number of piperidine rings is 1. The number of benzene rings is 1. The molecule has 1 aromatic carbocycles. The van der Waals surface area contributed by atoms with Gasteiger partial charge in [0.1, 0.15) is 6.61 Å². The normalized spacial score (nSPS) is 22.2. The number of carbonyl (C=O) groups is 1. The molecule has 1 aromatic rings. The first-order valence-electron chi connectivity index (χ1n) is 7.89. The summed E-state index contributed by atoms with van der Waals surface area (Å²) in [6, 6.07) is 3.97. The highest BCUT2D eigenvalue weighted by Gasteiger charge is 2.28. The summed E-state index contributed by atoms with van der Waals surface area (Å²) in [6.07, 6.45) is 2.90. The van der Waals surface area contributed by atoms with Crippen LogP contribution in [0.2, 0.25) is 0 Å². The third kappa shape index (κ3) is 3.53. The summed E-state index contributed by atoms with van der Waals surface area (Å²) in [7, 11) is 0. The van der Waals surface area contributed by atoms with Crippen LogP contribution in [-0.4, -0.2) is 41.0 Å². The number of halogens is 1. The highest BCUT2D eigenvalue weighted by atomic mass is 35.5. The largest absolute Gasteiger partial charge is 0.457 e. The van der Waals surface area contributed by atoms with Gasteiger partial charge in [-0.15, -0.1) is 11.6 Å². The molecule has 1 unspecified atom stereocenters. The van der Waals surface area contributed by atoms with E-state index in [0.717, 1.165) is 36.1 Å². The van der Waals surface area contributed by atoms with Crippen LogP contribution in [0.5, 0.6) is 0 Å². The van der Waals surface area contributed by atoms with Gasteiger partial charge in [0.25, 0.3) is 0 Å². The summed E-state index contributed by atoms with van der Waals surface area (Å²) < 4.78 is 5.07. The van der Waals surface area contributed by atoms with Gasteiger partial charge in [-0.2, -0.15) is 0 Å². The average molecular weight is 341 g/mol. The average Bonchev–Trinajstić information content (AvgIpc) is 2.90. The predicted molar refractivity (Wildman–Crippen MR) is 90.2 cm³/mol. The van der Waals surface area contributed by atoms with Crippen molar-refractivity contribution in [3.8, 4) is 0 Å². The molecule has 0 aromatic heterocycles. The van der Waals surface area contributed by atoms with Crippen LogP contribution >= 0.6 is 11.6 Å². The second kappa shape index (κ2) is 7.62. The standard InChI is InChI=1S/C17H22ClNO3.H3N/c1-11-13(5-6-14-15(11)10-22-17(14)21)16(20)9-19-7-3-2-4-12(19)8-18;/h5-6,12,16,20H,2-4,7-10H2,1H3;1H3/t12?,16-;/m0./s1. The summed E-state index contributed by atoms with van der Waals surface area (Å²) >= 11 is 6.05. The van der Waals surface area contributed by atoms with E-state index < -0.39 is 6.10 Å². The van der Waals surface area contributed by atoms with Crippen LogP contribution in [0.3, 0.4) is 0 Å². The van der Waals surface area contributed by atoms with Crippen molar-refractivity contribution in [1.82, 2.24) is 11.1 Å². The monoisotopic (exact) mass is 340 g/mol. The Morgan fingerprint density at radius 2 is 2.22 bits per heavy atom. The first-order valence-corrected chi connectivity index (χ1v) is 8.43. The molecule has 0 amide bonds. The third-order valence-corrected chi connectivity index (χ3v) is 5.26. The fourth-order valence-electron chi connectivity index (χ4n) is 3.52. The van der Waals surface area contributed by atoms with Crippen LogP contribution in [-0.2, 0) is 11.3 Å². The second-order valence-electron chi connectivity index (χ2n) is 6.20. The van der Waals surface area contributed by atoms with Crippen LogP contribution in [0.4, 0.5) is 0 Å². The van der Waals surface area contributed by atoms with E-state index in [-0.39, 0.29) is 12.1 Å². The van der Waals surface area contributed by atoms with Crippen molar-refractivity contribution in [2.45, 2.75) is 44.9 Å². The molecule has 0 bridgehead atoms. The summed E-state index contributed by atoms with van der Waals surface area (Å²) in [5.41, 5.74) is 3.39. The maximum Gasteiger partial charge on any atom is 0.338 e. The maximum absolute atomic E-state index is 11.6. The van der Waals surface area contributed by atoms with Crippen LogP contribution in [0.25, 0.3) is 0 Å². The quantitative estimate of drug-likeness (QED) is 0.650. The number of alkyl halides is 1. The van der Waals surface area contributed by atoms with Gasteiger partial charge in [0.05, 0.1) is 11.7 Å². The number of β-amino-alcohol motifs (C(OH)–C–C–N with tert-alkyl or cyclic N) is 1. The third-order valence-electron chi connectivity index (χ3n) is 4.90. The number of fused-ring (bicyclic) bond motifs is 1. The number of hydrogen-bond donors (Lipinski definition) is 2. The predicted octanol–water partition coefficient (Wildman–Crippen LogP) is 2.95. The van der Waals surface area contributed by atoms with E-state index in [4.69, 9.17) is 16.3 Å². The van der Waals surface area contributed by atoms with Crippen molar-refractivity contribution in [3.05, 3.63) is 34.4 Å². The van der Waals surface area contributed by atoms with Gasteiger partial charge in [0, 0.05) is 24.0 Å². The summed E-state index contributed by atoms with van der Waals surface area (Å²) in [4.78, 5) is 13.9. The molecular formula is C17H25ClN2O3. The number of cyclic esters (lactones) is 1. The number of hydrogen-bond acceptors (Lipinski definition) is 5. The number of aliphatic hydroxyl groups excluding tert-OH is 1. The van der Waals surface area contributed by atoms with E-state index in [1.54, 1.807) is 6.07 Å². The van der Waals surface area contributed by atoms with Gasteiger partial charge < -0.3 is 16.0 Å². The molecule has 6 heteroatoms. The minimum absolute atomic E-state index is 0. The number of rotatable bonds is 4. The molecule has 3 rings (SSSR count). The lowest BCUT2D eigenvalue weighted by Gasteiger charge is -2.36. The molecule has 2 atom stereocenters. The zero-order valence-corrected chi connectivity index (χ0v) is 14.3. The Balaban J connectivity index is 0.00000192. The molecule has 0 aliphatic carbocycles. The van der Waals surface area contributed by atoms with Gasteiger partial charge >= 0.3 is 5.97 Å². The SMILES string of the molecule is Cc1c([C@@H](O)CN2CCCCC2CCl)ccc2c1COC2=O.N. The van der Waals surface area contributed by atoms with Gasteiger partial charge in [-0.1, -0.05) is 12.5 Å². The van der Waals surface area contributed by atoms with Crippen LogP contribution in [0, 0.1) is 6.92 Å². The van der Waals surface area contributed by atoms with E-state index in [1.165, 1.54) is 6.42 Å². The van der Waals surface area contributed by atoms with Gasteiger partial charge in [-0.25, -0.2) is 4.79 Å². The lowest BCUT2D eigenvalue weighted by Crippen LogP contribution is -2.43. The number of likely N-dealkylation sites (tertiary alicyclic amines) is 1. The topological polar surface area (TPSA) is 84.8 Å². The minimum atomic E-state index is -0.565. The summed E-state index contributed by atoms with van der Waals surface area (Å²) in [6.45, 7) is 3.84. The lowest BCUT2D eigenvalue weighted by atomic mass is 9.94. The summed E-state index contributed by atoms with van der Waals surface area (Å²) in [5.74, 6) is 0.343. The van der Waals surface area contributed by atoms with Crippen molar-refractivity contribution in [2.24, 2.45) is 0 Å². The van der Waals surface area contributed by atoms with E-state index in [0.29, 0.717) is 30.6 Å². The molecular weight excluding hydrogens is 316 g/mol. The zero-order chi connectivity index (χ0) is 15.7. The van der Waals surface area contributed by atoms with Crippen molar-refractivity contribution in [3.63, 3.8) is 0 Å². The molecule has 4 N–H and O–H groups in total. The molecule has 0 saturated carbocycles. The lowest BCUT2D eigenvalue weighted by molar-refractivity contribution is 0.0535. The Morgan fingerprint density at radius 1 is 1.43 bits per heavy atom. The number of aliphatic hydroxyl groups is 1. The Morgan fingerprint density at radius 3 is 2.96 bits per heavy atom. The number of ether oxygens (including phenoxy) is 1. The molecule has 23 heavy (non-hydrogen) atoms. The minimum Gasteiger partial charge on any atom is -0.457 e. The Hall–Kier alpha value is -1.14. The van der Waals surface area contributed by atoms with E-state index in [2.05, 4.69) is 4.90 Å². The van der Waals surface area contributed by atoms with Gasteiger partial charge in [-0.3, -0.25) is 4.90 Å². The smallest absolute Gasteiger partial charge is 0.338 e. The van der Waals surface area contributed by atoms with Crippen molar-refractivity contribution >= 4 is 17.6 Å². The van der Waals surface area contributed by atoms with Crippen molar-refractivity contribution in [2.75, 3.05) is 19.0 Å². The fraction of sp³-hybridized carbons (Fsp3) is 0.588. The van der Waals surface area contributed by atoms with E-state index in [9.17, 15) is 9.90 Å². The van der Waals surface area contributed by atoms with E-state index in [1.807, 2.05) is 13.0 Å². The number of carbonyl (C=O) groups excluding carboxylic acids is 1. The molecule has 2 aliphatic heterocycles. The molecule has 0 spiro atoms.